The smallest absolute Gasteiger partial charge is 0.314 e. The van der Waals surface area contributed by atoms with E-state index in [1.165, 1.54) is 17.7 Å². The van der Waals surface area contributed by atoms with Gasteiger partial charge in [0.05, 0.1) is 11.1 Å². The number of rotatable bonds is 8. The molecule has 0 heterocycles. The molecule has 2 N–H and O–H groups in total. The van der Waals surface area contributed by atoms with Crippen LogP contribution in [0.4, 0.5) is 9.18 Å². The van der Waals surface area contributed by atoms with Gasteiger partial charge in [0.25, 0.3) is 0 Å². The van der Waals surface area contributed by atoms with Gasteiger partial charge >= 0.3 is 6.03 Å². The van der Waals surface area contributed by atoms with E-state index in [1.807, 2.05) is 12.1 Å². The van der Waals surface area contributed by atoms with Gasteiger partial charge in [0.2, 0.25) is 0 Å². The van der Waals surface area contributed by atoms with Crippen molar-refractivity contribution in [2.75, 3.05) is 19.7 Å². The van der Waals surface area contributed by atoms with Gasteiger partial charge in [-0.3, -0.25) is 0 Å². The van der Waals surface area contributed by atoms with Gasteiger partial charge in [0.15, 0.2) is 0 Å². The van der Waals surface area contributed by atoms with Gasteiger partial charge in [-0.25, -0.2) is 9.18 Å². The number of carbonyl (C=O) groups excluding carboxylic acids is 1. The molecule has 0 aliphatic heterocycles. The molecule has 2 amide bonds. The minimum Gasteiger partial charge on any atom is -0.492 e. The van der Waals surface area contributed by atoms with Crippen molar-refractivity contribution in [2.45, 2.75) is 39.0 Å². The number of nitrogens with one attached hydrogen (secondary N) is 2. The predicted octanol–water partition coefficient (Wildman–Crippen LogP) is 5.20. The van der Waals surface area contributed by atoms with Crippen LogP contribution in [0.3, 0.4) is 0 Å². The van der Waals surface area contributed by atoms with E-state index in [4.69, 9.17) is 4.74 Å². The highest BCUT2D eigenvalue weighted by atomic mass is 79.9. The van der Waals surface area contributed by atoms with Gasteiger partial charge in [0.1, 0.15) is 11.6 Å². The fourth-order valence-corrected chi connectivity index (χ4v) is 3.11. The van der Waals surface area contributed by atoms with Crippen LogP contribution in [0, 0.1) is 5.82 Å². The van der Waals surface area contributed by atoms with Crippen molar-refractivity contribution in [1.29, 1.82) is 0 Å². The molecule has 6 heteroatoms. The zero-order valence-corrected chi connectivity index (χ0v) is 18.2. The van der Waals surface area contributed by atoms with E-state index in [9.17, 15) is 9.18 Å². The maximum absolute atomic E-state index is 13.1. The summed E-state index contributed by atoms with van der Waals surface area (Å²) >= 11 is 3.56. The molecule has 0 aromatic heterocycles. The van der Waals surface area contributed by atoms with Crippen molar-refractivity contribution in [2.24, 2.45) is 0 Å². The van der Waals surface area contributed by atoms with Crippen LogP contribution in [0.1, 0.15) is 38.3 Å². The summed E-state index contributed by atoms with van der Waals surface area (Å²) in [6.07, 6.45) is 1.29. The highest BCUT2D eigenvalue weighted by Crippen LogP contribution is 2.31. The van der Waals surface area contributed by atoms with E-state index in [-0.39, 0.29) is 17.3 Å². The zero-order chi connectivity index (χ0) is 20.6. The molecule has 0 bridgehead atoms. The van der Waals surface area contributed by atoms with Crippen LogP contribution in [0.15, 0.2) is 46.9 Å². The lowest BCUT2D eigenvalue weighted by atomic mass is 9.87. The van der Waals surface area contributed by atoms with Crippen LogP contribution in [0.25, 0.3) is 0 Å². The lowest BCUT2D eigenvalue weighted by Gasteiger charge is -2.20. The molecule has 0 spiro atoms. The Kier molecular flexibility index (Phi) is 8.30. The normalized spacial score (nSPS) is 11.2. The minimum absolute atomic E-state index is 0.0903. The Labute approximate surface area is 175 Å². The first kappa shape index (κ1) is 22.2. The van der Waals surface area contributed by atoms with Crippen molar-refractivity contribution in [3.05, 3.63) is 63.9 Å². The average molecular weight is 451 g/mol. The highest BCUT2D eigenvalue weighted by molar-refractivity contribution is 9.10. The second-order valence-electron chi connectivity index (χ2n) is 7.66. The Morgan fingerprint density at radius 2 is 1.86 bits per heavy atom. The van der Waals surface area contributed by atoms with Gasteiger partial charge < -0.3 is 15.4 Å². The third-order valence-electron chi connectivity index (χ3n) is 4.25. The van der Waals surface area contributed by atoms with Crippen molar-refractivity contribution >= 4 is 22.0 Å². The van der Waals surface area contributed by atoms with Gasteiger partial charge in [-0.1, -0.05) is 39.0 Å². The largest absolute Gasteiger partial charge is 0.492 e. The maximum Gasteiger partial charge on any atom is 0.314 e. The summed E-state index contributed by atoms with van der Waals surface area (Å²) in [4.78, 5) is 11.8. The fourth-order valence-electron chi connectivity index (χ4n) is 2.62. The molecule has 28 heavy (non-hydrogen) atoms. The number of carbonyl (C=O) groups is 1. The Hall–Kier alpha value is -2.08. The van der Waals surface area contributed by atoms with Crippen molar-refractivity contribution in [3.8, 4) is 5.75 Å². The summed E-state index contributed by atoms with van der Waals surface area (Å²) in [7, 11) is 0. The number of hydrogen-bond acceptors (Lipinski definition) is 2. The molecule has 2 aromatic carbocycles. The van der Waals surface area contributed by atoms with Gasteiger partial charge in [0, 0.05) is 13.1 Å². The van der Waals surface area contributed by atoms with E-state index < -0.39 is 0 Å². The van der Waals surface area contributed by atoms with Crippen LogP contribution in [0.5, 0.6) is 5.75 Å². The first-order valence-electron chi connectivity index (χ1n) is 9.44. The van der Waals surface area contributed by atoms with E-state index >= 15 is 0 Å². The third-order valence-corrected chi connectivity index (χ3v) is 4.87. The quantitative estimate of drug-likeness (QED) is 0.543. The van der Waals surface area contributed by atoms with E-state index in [0.29, 0.717) is 32.5 Å². The summed E-state index contributed by atoms with van der Waals surface area (Å²) in [5.74, 6) is 0.536. The van der Waals surface area contributed by atoms with Crippen LogP contribution >= 0.6 is 15.9 Å². The van der Waals surface area contributed by atoms with Crippen LogP contribution in [0.2, 0.25) is 0 Å². The Morgan fingerprint density at radius 3 is 2.54 bits per heavy atom. The number of halogens is 2. The van der Waals surface area contributed by atoms with Crippen molar-refractivity contribution < 1.29 is 13.9 Å². The molecule has 0 saturated carbocycles. The lowest BCUT2D eigenvalue weighted by Crippen LogP contribution is -2.37. The first-order valence-corrected chi connectivity index (χ1v) is 10.2. The van der Waals surface area contributed by atoms with Crippen LogP contribution in [-0.4, -0.2) is 25.7 Å². The number of benzene rings is 2. The Balaban J connectivity index is 1.61. The van der Waals surface area contributed by atoms with Crippen LogP contribution < -0.4 is 15.4 Å². The molecular weight excluding hydrogens is 423 g/mol. The average Bonchev–Trinajstić information content (AvgIpc) is 2.62. The minimum atomic E-state index is -0.262. The highest BCUT2D eigenvalue weighted by Gasteiger charge is 2.15. The lowest BCUT2D eigenvalue weighted by molar-refractivity contribution is 0.239. The molecule has 2 aromatic rings. The van der Waals surface area contributed by atoms with E-state index in [0.717, 1.165) is 15.8 Å². The number of hydrogen-bond donors (Lipinski definition) is 2. The third kappa shape index (κ3) is 7.50. The molecule has 0 atom stereocenters. The Morgan fingerprint density at radius 1 is 1.11 bits per heavy atom. The molecule has 0 aliphatic carbocycles. The molecule has 152 valence electrons. The van der Waals surface area contributed by atoms with Gasteiger partial charge in [-0.05, 0) is 69.6 Å². The second kappa shape index (κ2) is 10.5. The molecule has 0 unspecified atom stereocenters. The summed E-state index contributed by atoms with van der Waals surface area (Å²) < 4.78 is 19.8. The zero-order valence-electron chi connectivity index (χ0n) is 16.6. The van der Waals surface area contributed by atoms with Gasteiger partial charge in [-0.2, -0.15) is 0 Å². The van der Waals surface area contributed by atoms with E-state index in [2.05, 4.69) is 59.5 Å². The van der Waals surface area contributed by atoms with Crippen LogP contribution in [-0.2, 0) is 11.8 Å². The number of ether oxygens (including phenoxy) is 1. The standard InChI is InChI=1S/C22H28BrFN2O2/c1-22(2,3)17-8-9-20(19(23)15-17)28-13-5-11-25-21(27)26-12-10-16-6-4-7-18(24)14-16/h4,6-9,14-15H,5,10-13H2,1-3H3,(H2,25,26,27). The molecule has 0 radical (unpaired) electrons. The fraction of sp³-hybridized carbons (Fsp3) is 0.409. The first-order chi connectivity index (χ1) is 13.3. The molecule has 4 nitrogen and oxygen atoms in total. The monoisotopic (exact) mass is 450 g/mol. The summed E-state index contributed by atoms with van der Waals surface area (Å²) in [5.41, 5.74) is 2.19. The van der Waals surface area contributed by atoms with Gasteiger partial charge in [-0.15, -0.1) is 0 Å². The maximum atomic E-state index is 13.1. The number of amides is 2. The molecule has 0 aliphatic rings. The molecule has 0 fully saturated rings. The summed E-state index contributed by atoms with van der Waals surface area (Å²) in [5, 5.41) is 5.56. The molecule has 2 rings (SSSR count). The topological polar surface area (TPSA) is 50.4 Å². The molecular formula is C22H28BrFN2O2. The number of urea groups is 1. The summed E-state index contributed by atoms with van der Waals surface area (Å²) in [6, 6.07) is 12.3. The van der Waals surface area contributed by atoms with Crippen molar-refractivity contribution in [1.82, 2.24) is 10.6 Å². The second-order valence-corrected chi connectivity index (χ2v) is 8.51. The Bertz CT molecular complexity index is 790. The van der Waals surface area contributed by atoms with E-state index in [1.54, 1.807) is 6.07 Å². The molecule has 0 saturated heterocycles. The SMILES string of the molecule is CC(C)(C)c1ccc(OCCCNC(=O)NCCc2cccc(F)c2)c(Br)c1. The summed E-state index contributed by atoms with van der Waals surface area (Å²) in [6.45, 7) is 8.00. The predicted molar refractivity (Wildman–Crippen MR) is 114 cm³/mol. The van der Waals surface area contributed by atoms with Crippen molar-refractivity contribution in [3.63, 3.8) is 0 Å².